The molecule has 0 aliphatic rings. The number of benzene rings is 2. The molecule has 0 bridgehead atoms. The van der Waals surface area contributed by atoms with Gasteiger partial charge in [-0.25, -0.2) is 14.2 Å². The Kier molecular flexibility index (Phi) is 6.47. The normalized spacial score (nSPS) is 11.3. The predicted molar refractivity (Wildman–Crippen MR) is 108 cm³/mol. The largest absolute Gasteiger partial charge is 0.444 e. The van der Waals surface area contributed by atoms with Crippen molar-refractivity contribution in [1.29, 1.82) is 0 Å². The Labute approximate surface area is 175 Å². The summed E-state index contributed by atoms with van der Waals surface area (Å²) in [5.41, 5.74) is 0.219. The highest BCUT2D eigenvalue weighted by atomic mass is 19.4. The van der Waals surface area contributed by atoms with Crippen molar-refractivity contribution >= 4 is 17.4 Å². The van der Waals surface area contributed by atoms with Crippen LogP contribution in [0.2, 0.25) is 0 Å². The molecule has 0 atom stereocenters. The molecule has 164 valence electrons. The second-order valence-electron chi connectivity index (χ2n) is 6.90. The molecule has 0 unspecified atom stereocenters. The molecule has 2 N–H and O–H groups in total. The summed E-state index contributed by atoms with van der Waals surface area (Å²) in [6.07, 6.45) is -2.92. The number of hydrogen-bond acceptors (Lipinski definition) is 4. The molecule has 6 nitrogen and oxygen atoms in total. The number of carbonyl (C=O) groups is 1. The molecule has 0 saturated heterocycles. The number of hydrogen-bond donors (Lipinski definition) is 2. The Balaban J connectivity index is 1.58. The third kappa shape index (κ3) is 5.74. The maximum atomic E-state index is 13.4. The number of carbonyl (C=O) groups excluding carboxylic acids is 1. The first-order valence-corrected chi connectivity index (χ1v) is 9.27. The van der Waals surface area contributed by atoms with Crippen LogP contribution >= 0.6 is 0 Å². The molecule has 3 rings (SSSR count). The smallest absolute Gasteiger partial charge is 0.418 e. The molecule has 2 aromatic carbocycles. The Morgan fingerprint density at radius 2 is 1.84 bits per heavy atom. The number of aromatic nitrogens is 1. The van der Waals surface area contributed by atoms with Crippen molar-refractivity contribution < 1.29 is 26.8 Å². The van der Waals surface area contributed by atoms with Crippen molar-refractivity contribution in [1.82, 2.24) is 10.3 Å². The van der Waals surface area contributed by atoms with Gasteiger partial charge >= 0.3 is 12.2 Å². The van der Waals surface area contributed by atoms with Gasteiger partial charge in [0, 0.05) is 38.3 Å². The van der Waals surface area contributed by atoms with Crippen LogP contribution in [0.5, 0.6) is 0 Å². The van der Waals surface area contributed by atoms with Gasteiger partial charge < -0.3 is 20.0 Å². The zero-order chi connectivity index (χ0) is 22.6. The SMILES string of the molecule is CN(C)c1ccc(NC(=O)NCCc2coc(-c3ccc(F)cc3)n2)c(C(F)(F)F)c1. The van der Waals surface area contributed by atoms with Crippen molar-refractivity contribution in [2.75, 3.05) is 30.9 Å². The van der Waals surface area contributed by atoms with Gasteiger partial charge in [-0.3, -0.25) is 0 Å². The summed E-state index contributed by atoms with van der Waals surface area (Å²) < 4.78 is 58.4. The topological polar surface area (TPSA) is 70.4 Å². The maximum Gasteiger partial charge on any atom is 0.418 e. The van der Waals surface area contributed by atoms with Gasteiger partial charge in [-0.1, -0.05) is 0 Å². The standard InChI is InChI=1S/C21H20F4N4O2/c1-29(2)16-7-8-18(17(11-16)21(23,24)25)28-20(30)26-10-9-15-12-31-19(27-15)13-3-5-14(22)6-4-13/h3-8,11-12H,9-10H2,1-2H3,(H2,26,28,30). The van der Waals surface area contributed by atoms with E-state index in [4.69, 9.17) is 4.42 Å². The van der Waals surface area contributed by atoms with E-state index in [1.807, 2.05) is 0 Å². The third-order valence-corrected chi connectivity index (χ3v) is 4.38. The molecule has 0 spiro atoms. The van der Waals surface area contributed by atoms with E-state index in [0.717, 1.165) is 6.07 Å². The van der Waals surface area contributed by atoms with Crippen LogP contribution in [0, 0.1) is 5.82 Å². The second kappa shape index (κ2) is 9.07. The van der Waals surface area contributed by atoms with Crippen molar-refractivity contribution in [2.24, 2.45) is 0 Å². The molecule has 3 aromatic rings. The lowest BCUT2D eigenvalue weighted by Gasteiger charge is -2.18. The third-order valence-electron chi connectivity index (χ3n) is 4.38. The summed E-state index contributed by atoms with van der Waals surface area (Å²) in [5, 5.41) is 4.73. The lowest BCUT2D eigenvalue weighted by Crippen LogP contribution is -2.31. The van der Waals surface area contributed by atoms with E-state index < -0.39 is 17.8 Å². The molecule has 0 saturated carbocycles. The molecule has 0 aliphatic heterocycles. The van der Waals surface area contributed by atoms with Gasteiger partial charge in [0.2, 0.25) is 5.89 Å². The second-order valence-corrected chi connectivity index (χ2v) is 6.90. The Morgan fingerprint density at radius 1 is 1.13 bits per heavy atom. The Hall–Kier alpha value is -3.56. The fourth-order valence-electron chi connectivity index (χ4n) is 2.77. The number of urea groups is 1. The summed E-state index contributed by atoms with van der Waals surface area (Å²) in [7, 11) is 3.25. The van der Waals surface area contributed by atoms with Gasteiger partial charge in [0.1, 0.15) is 12.1 Å². The first kappa shape index (κ1) is 22.1. The van der Waals surface area contributed by atoms with Crippen LogP contribution in [0.15, 0.2) is 53.1 Å². The minimum atomic E-state index is -4.62. The van der Waals surface area contributed by atoms with Crippen LogP contribution in [-0.2, 0) is 12.6 Å². The highest BCUT2D eigenvalue weighted by molar-refractivity contribution is 5.90. The Morgan fingerprint density at radius 3 is 2.48 bits per heavy atom. The molecular formula is C21H20F4N4O2. The molecule has 2 amide bonds. The Bertz CT molecular complexity index is 1050. The molecule has 0 radical (unpaired) electrons. The van der Waals surface area contributed by atoms with Gasteiger partial charge in [0.15, 0.2) is 0 Å². The fraction of sp³-hybridized carbons (Fsp3) is 0.238. The first-order valence-electron chi connectivity index (χ1n) is 9.27. The van der Waals surface area contributed by atoms with E-state index in [2.05, 4.69) is 15.6 Å². The number of amides is 2. The van der Waals surface area contributed by atoms with Crippen LogP contribution in [0.25, 0.3) is 11.5 Å². The zero-order valence-corrected chi connectivity index (χ0v) is 16.8. The summed E-state index contributed by atoms with van der Waals surface area (Å²) >= 11 is 0. The van der Waals surface area contributed by atoms with Crippen molar-refractivity contribution in [3.8, 4) is 11.5 Å². The van der Waals surface area contributed by atoms with Crippen molar-refractivity contribution in [3.63, 3.8) is 0 Å². The molecule has 1 aromatic heterocycles. The van der Waals surface area contributed by atoms with Gasteiger partial charge in [0.25, 0.3) is 0 Å². The van der Waals surface area contributed by atoms with E-state index in [-0.39, 0.29) is 18.0 Å². The lowest BCUT2D eigenvalue weighted by atomic mass is 10.1. The molecular weight excluding hydrogens is 416 g/mol. The van der Waals surface area contributed by atoms with E-state index >= 15 is 0 Å². The molecule has 10 heteroatoms. The summed E-state index contributed by atoms with van der Waals surface area (Å²) in [5.74, 6) is -0.0778. The monoisotopic (exact) mass is 436 g/mol. The average molecular weight is 436 g/mol. The number of nitrogens with zero attached hydrogens (tertiary/aromatic N) is 2. The van der Waals surface area contributed by atoms with Crippen LogP contribution in [-0.4, -0.2) is 31.7 Å². The van der Waals surface area contributed by atoms with Crippen LogP contribution in [0.1, 0.15) is 11.3 Å². The number of oxazole rings is 1. The van der Waals surface area contributed by atoms with E-state index in [0.29, 0.717) is 29.3 Å². The van der Waals surface area contributed by atoms with Crippen LogP contribution in [0.4, 0.5) is 33.7 Å². The minimum Gasteiger partial charge on any atom is -0.444 e. The zero-order valence-electron chi connectivity index (χ0n) is 16.8. The average Bonchev–Trinajstić information content (AvgIpc) is 3.16. The van der Waals surface area contributed by atoms with Gasteiger partial charge in [-0.15, -0.1) is 0 Å². The number of rotatable bonds is 6. The van der Waals surface area contributed by atoms with Gasteiger partial charge in [-0.05, 0) is 42.5 Å². The predicted octanol–water partition coefficient (Wildman–Crippen LogP) is 4.93. The lowest BCUT2D eigenvalue weighted by molar-refractivity contribution is -0.136. The number of alkyl halides is 3. The fourth-order valence-corrected chi connectivity index (χ4v) is 2.77. The van der Waals surface area contributed by atoms with Crippen LogP contribution < -0.4 is 15.5 Å². The quantitative estimate of drug-likeness (QED) is 0.538. The van der Waals surface area contributed by atoms with Crippen molar-refractivity contribution in [3.05, 3.63) is 65.8 Å². The summed E-state index contributed by atoms with van der Waals surface area (Å²) in [6.45, 7) is 0.123. The molecule has 31 heavy (non-hydrogen) atoms. The number of halogens is 4. The number of anilines is 2. The molecule has 0 fully saturated rings. The number of nitrogens with one attached hydrogen (secondary N) is 2. The summed E-state index contributed by atoms with van der Waals surface area (Å²) in [4.78, 5) is 17.9. The van der Waals surface area contributed by atoms with E-state index in [1.54, 1.807) is 14.1 Å². The van der Waals surface area contributed by atoms with Gasteiger partial charge in [-0.2, -0.15) is 13.2 Å². The van der Waals surface area contributed by atoms with E-state index in [1.165, 1.54) is 47.6 Å². The molecule has 0 aliphatic carbocycles. The van der Waals surface area contributed by atoms with E-state index in [9.17, 15) is 22.4 Å². The van der Waals surface area contributed by atoms with Crippen LogP contribution in [0.3, 0.4) is 0 Å². The first-order chi connectivity index (χ1) is 14.6. The van der Waals surface area contributed by atoms with Crippen molar-refractivity contribution in [2.45, 2.75) is 12.6 Å². The minimum absolute atomic E-state index is 0.123. The maximum absolute atomic E-state index is 13.4. The van der Waals surface area contributed by atoms with Gasteiger partial charge in [0.05, 0.1) is 16.9 Å². The highest BCUT2D eigenvalue weighted by Gasteiger charge is 2.34. The summed E-state index contributed by atoms with van der Waals surface area (Å²) in [6, 6.07) is 8.51. The highest BCUT2D eigenvalue weighted by Crippen LogP contribution is 2.37. The molecule has 1 heterocycles.